The van der Waals surface area contributed by atoms with E-state index in [1.54, 1.807) is 0 Å². The first-order valence-corrected chi connectivity index (χ1v) is 33.0. The van der Waals surface area contributed by atoms with Gasteiger partial charge in [0.05, 0.1) is 0 Å². The first-order valence-electron chi connectivity index (χ1n) is 33.0. The lowest BCUT2D eigenvalue weighted by atomic mass is 10.0. The zero-order valence-corrected chi connectivity index (χ0v) is 49.9. The van der Waals surface area contributed by atoms with Crippen LogP contribution in [-0.4, -0.2) is 37.2 Å². The number of rotatable bonds is 61. The van der Waals surface area contributed by atoms with Gasteiger partial charge in [-0.05, 0) is 77.0 Å². The van der Waals surface area contributed by atoms with Gasteiger partial charge in [-0.15, -0.1) is 0 Å². The molecule has 6 nitrogen and oxygen atoms in total. The maximum atomic E-state index is 12.8. The van der Waals surface area contributed by atoms with Gasteiger partial charge < -0.3 is 14.2 Å². The predicted octanol–water partition coefficient (Wildman–Crippen LogP) is 22.4. The molecule has 74 heavy (non-hydrogen) atoms. The topological polar surface area (TPSA) is 78.9 Å². The van der Waals surface area contributed by atoms with Gasteiger partial charge >= 0.3 is 17.9 Å². The Morgan fingerprint density at radius 1 is 0.270 bits per heavy atom. The van der Waals surface area contributed by atoms with Crippen LogP contribution in [0.5, 0.6) is 0 Å². The number of unbranched alkanes of at least 4 members (excludes halogenated alkanes) is 44. The van der Waals surface area contributed by atoms with Crippen LogP contribution in [0, 0.1) is 0 Å². The Morgan fingerprint density at radius 2 is 0.486 bits per heavy atom. The van der Waals surface area contributed by atoms with Crippen LogP contribution in [0.15, 0.2) is 36.5 Å². The molecule has 0 N–H and O–H groups in total. The standard InChI is InChI=1S/C68H126O6/c1-4-7-10-13-16-18-20-22-24-26-28-29-30-31-32-33-34-35-36-37-38-39-41-42-44-46-48-50-52-55-58-61-67(70)73-64-65(63-72-66(69)60-57-54-15-12-9-6-3)74-68(71)62-59-56-53-51-49-47-45-43-40-27-25-23-21-19-17-14-11-8-5-2/h20,22-23,25-26,28,65H,4-19,21,24,27,29-64H2,1-3H3/b22-20-,25-23-,28-26-. The van der Waals surface area contributed by atoms with Crippen molar-refractivity contribution in [1.29, 1.82) is 0 Å². The quantitative estimate of drug-likeness (QED) is 0.0261. The van der Waals surface area contributed by atoms with Crippen LogP contribution < -0.4 is 0 Å². The summed E-state index contributed by atoms with van der Waals surface area (Å²) in [5, 5.41) is 0. The lowest BCUT2D eigenvalue weighted by Gasteiger charge is -2.18. The largest absolute Gasteiger partial charge is 0.462 e. The minimum Gasteiger partial charge on any atom is -0.462 e. The Kier molecular flexibility index (Phi) is 61.1. The van der Waals surface area contributed by atoms with Crippen molar-refractivity contribution >= 4 is 17.9 Å². The van der Waals surface area contributed by atoms with Crippen molar-refractivity contribution in [1.82, 2.24) is 0 Å². The van der Waals surface area contributed by atoms with E-state index in [1.165, 1.54) is 257 Å². The third-order valence-electron chi connectivity index (χ3n) is 14.9. The van der Waals surface area contributed by atoms with Crippen molar-refractivity contribution in [3.05, 3.63) is 36.5 Å². The first-order chi connectivity index (χ1) is 36.5. The van der Waals surface area contributed by atoms with E-state index in [4.69, 9.17) is 14.2 Å². The van der Waals surface area contributed by atoms with Gasteiger partial charge in [-0.2, -0.15) is 0 Å². The molecule has 0 aromatic rings. The van der Waals surface area contributed by atoms with Gasteiger partial charge in [-0.1, -0.05) is 301 Å². The maximum absolute atomic E-state index is 12.8. The summed E-state index contributed by atoms with van der Waals surface area (Å²) in [4.78, 5) is 38.0. The second kappa shape index (κ2) is 63.2. The Bertz CT molecular complexity index is 1240. The average Bonchev–Trinajstić information content (AvgIpc) is 3.40. The van der Waals surface area contributed by atoms with Gasteiger partial charge in [0.2, 0.25) is 0 Å². The van der Waals surface area contributed by atoms with Crippen molar-refractivity contribution in [3.8, 4) is 0 Å². The Hall–Kier alpha value is -2.37. The van der Waals surface area contributed by atoms with E-state index in [1.807, 2.05) is 0 Å². The van der Waals surface area contributed by atoms with Crippen LogP contribution >= 0.6 is 0 Å². The van der Waals surface area contributed by atoms with Crippen LogP contribution in [-0.2, 0) is 28.6 Å². The Labute approximate surface area is 461 Å². The average molecular weight is 1040 g/mol. The molecule has 0 saturated heterocycles. The number of allylic oxidation sites excluding steroid dienone is 6. The fourth-order valence-electron chi connectivity index (χ4n) is 9.88. The van der Waals surface area contributed by atoms with Gasteiger partial charge in [0, 0.05) is 19.3 Å². The van der Waals surface area contributed by atoms with Gasteiger partial charge in [0.25, 0.3) is 0 Å². The van der Waals surface area contributed by atoms with Gasteiger partial charge in [-0.3, -0.25) is 14.4 Å². The maximum Gasteiger partial charge on any atom is 0.306 e. The number of esters is 3. The van der Waals surface area contributed by atoms with E-state index < -0.39 is 6.10 Å². The summed E-state index contributed by atoms with van der Waals surface area (Å²) in [6.45, 7) is 6.62. The van der Waals surface area contributed by atoms with E-state index >= 15 is 0 Å². The van der Waals surface area contributed by atoms with Gasteiger partial charge in [0.1, 0.15) is 13.2 Å². The molecule has 0 saturated carbocycles. The minimum absolute atomic E-state index is 0.0683. The van der Waals surface area contributed by atoms with E-state index in [9.17, 15) is 14.4 Å². The molecule has 0 radical (unpaired) electrons. The molecule has 434 valence electrons. The third-order valence-corrected chi connectivity index (χ3v) is 14.9. The molecule has 0 amide bonds. The van der Waals surface area contributed by atoms with E-state index in [-0.39, 0.29) is 31.1 Å². The second-order valence-electron chi connectivity index (χ2n) is 22.4. The first kappa shape index (κ1) is 71.6. The fraction of sp³-hybridized carbons (Fsp3) is 0.868. The fourth-order valence-corrected chi connectivity index (χ4v) is 9.88. The monoisotopic (exact) mass is 1040 g/mol. The van der Waals surface area contributed by atoms with Crippen LogP contribution in [0.25, 0.3) is 0 Å². The molecular weight excluding hydrogens is 913 g/mol. The number of hydrogen-bond donors (Lipinski definition) is 0. The van der Waals surface area contributed by atoms with Crippen LogP contribution in [0.1, 0.15) is 361 Å². The van der Waals surface area contributed by atoms with Crippen molar-refractivity contribution in [2.75, 3.05) is 13.2 Å². The third kappa shape index (κ3) is 60.5. The predicted molar refractivity (Wildman–Crippen MR) is 321 cm³/mol. The lowest BCUT2D eigenvalue weighted by Crippen LogP contribution is -2.30. The Morgan fingerprint density at radius 3 is 0.757 bits per heavy atom. The molecule has 0 spiro atoms. The van der Waals surface area contributed by atoms with Crippen LogP contribution in [0.3, 0.4) is 0 Å². The molecule has 0 aliphatic carbocycles. The highest BCUT2D eigenvalue weighted by Gasteiger charge is 2.19. The lowest BCUT2D eigenvalue weighted by molar-refractivity contribution is -0.167. The summed E-state index contributed by atoms with van der Waals surface area (Å²) in [5.41, 5.74) is 0. The van der Waals surface area contributed by atoms with Crippen molar-refractivity contribution in [2.24, 2.45) is 0 Å². The number of carbonyl (C=O) groups is 3. The van der Waals surface area contributed by atoms with Crippen LogP contribution in [0.2, 0.25) is 0 Å². The molecule has 0 aliphatic rings. The zero-order valence-electron chi connectivity index (χ0n) is 49.9. The van der Waals surface area contributed by atoms with E-state index in [0.29, 0.717) is 19.3 Å². The molecule has 0 aromatic carbocycles. The van der Waals surface area contributed by atoms with Crippen molar-refractivity contribution < 1.29 is 28.6 Å². The molecule has 0 aromatic heterocycles. The summed E-state index contributed by atoms with van der Waals surface area (Å²) < 4.78 is 16.8. The molecule has 0 aliphatic heterocycles. The number of ether oxygens (including phenoxy) is 3. The molecule has 6 heteroatoms. The molecular formula is C68H126O6. The van der Waals surface area contributed by atoms with E-state index in [0.717, 1.165) is 64.2 Å². The van der Waals surface area contributed by atoms with Crippen molar-refractivity contribution in [2.45, 2.75) is 367 Å². The molecule has 0 bridgehead atoms. The molecule has 0 fully saturated rings. The normalized spacial score (nSPS) is 12.2. The van der Waals surface area contributed by atoms with Crippen LogP contribution in [0.4, 0.5) is 0 Å². The highest BCUT2D eigenvalue weighted by Crippen LogP contribution is 2.18. The summed E-state index contributed by atoms with van der Waals surface area (Å²) in [6.07, 6.45) is 77.8. The molecule has 1 atom stereocenters. The highest BCUT2D eigenvalue weighted by atomic mass is 16.6. The minimum atomic E-state index is -0.767. The SMILES string of the molecule is CCCCCCC/C=C\C/C=C\CCCCCCCCCCCCCCCCCCCCCC(=O)OCC(COC(=O)CCCCCCCC)OC(=O)CCCCCCCCCCC/C=C\CCCCCCCC. The molecule has 1 unspecified atom stereocenters. The number of carbonyl (C=O) groups excluding carboxylic acids is 3. The Balaban J connectivity index is 3.97. The van der Waals surface area contributed by atoms with Gasteiger partial charge in [-0.25, -0.2) is 0 Å². The second-order valence-corrected chi connectivity index (χ2v) is 22.4. The van der Waals surface area contributed by atoms with Gasteiger partial charge in [0.15, 0.2) is 6.10 Å². The summed E-state index contributed by atoms with van der Waals surface area (Å²) >= 11 is 0. The van der Waals surface area contributed by atoms with Crippen molar-refractivity contribution in [3.63, 3.8) is 0 Å². The number of hydrogen-bond acceptors (Lipinski definition) is 6. The zero-order chi connectivity index (χ0) is 53.6. The summed E-state index contributed by atoms with van der Waals surface area (Å²) in [6, 6.07) is 0. The van der Waals surface area contributed by atoms with E-state index in [2.05, 4.69) is 57.2 Å². The highest BCUT2D eigenvalue weighted by molar-refractivity contribution is 5.71. The smallest absolute Gasteiger partial charge is 0.306 e. The molecule has 0 heterocycles. The molecule has 0 rings (SSSR count). The summed E-state index contributed by atoms with van der Waals surface area (Å²) in [7, 11) is 0. The summed E-state index contributed by atoms with van der Waals surface area (Å²) in [5.74, 6) is -0.859.